The van der Waals surface area contributed by atoms with E-state index >= 15 is 0 Å². The molecule has 29 heavy (non-hydrogen) atoms. The van der Waals surface area contributed by atoms with E-state index in [9.17, 15) is 13.2 Å². The minimum Gasteiger partial charge on any atom is -0.495 e. The molecular weight excluding hydrogens is 394 g/mol. The van der Waals surface area contributed by atoms with Gasteiger partial charge in [0.25, 0.3) is 5.91 Å². The number of sulfonamides is 1. The van der Waals surface area contributed by atoms with Gasteiger partial charge < -0.3 is 19.8 Å². The number of fused-ring (bicyclic) bond motifs is 1. The third kappa shape index (κ3) is 3.84. The van der Waals surface area contributed by atoms with Gasteiger partial charge in [-0.25, -0.2) is 8.42 Å². The fourth-order valence-corrected chi connectivity index (χ4v) is 4.87. The number of aromatic amines is 1. The van der Waals surface area contributed by atoms with Gasteiger partial charge in [-0.05, 0) is 30.3 Å². The quantitative estimate of drug-likeness (QED) is 0.667. The van der Waals surface area contributed by atoms with E-state index in [0.29, 0.717) is 24.6 Å². The highest BCUT2D eigenvalue weighted by Gasteiger charge is 2.29. The minimum atomic E-state index is -3.78. The number of para-hydroxylation sites is 1. The average molecular weight is 415 g/mol. The highest BCUT2D eigenvalue weighted by atomic mass is 32.2. The van der Waals surface area contributed by atoms with E-state index in [0.717, 1.165) is 10.9 Å². The lowest BCUT2D eigenvalue weighted by molar-refractivity contribution is 0.0729. The topological polar surface area (TPSA) is 101 Å². The minimum absolute atomic E-state index is 0.0105. The maximum absolute atomic E-state index is 13.1. The molecule has 0 atom stereocenters. The van der Waals surface area contributed by atoms with Gasteiger partial charge in [0.15, 0.2) is 0 Å². The smallest absolute Gasteiger partial charge is 0.272 e. The average Bonchev–Trinajstić information content (AvgIpc) is 3.19. The number of rotatable bonds is 5. The number of anilines is 1. The van der Waals surface area contributed by atoms with Crippen LogP contribution in [0.5, 0.6) is 5.75 Å². The van der Waals surface area contributed by atoms with Gasteiger partial charge >= 0.3 is 0 Å². The summed E-state index contributed by atoms with van der Waals surface area (Å²) in [5, 5.41) is 3.67. The number of ether oxygens (including phenoxy) is 2. The van der Waals surface area contributed by atoms with Crippen LogP contribution < -0.4 is 10.1 Å². The van der Waals surface area contributed by atoms with E-state index in [1.165, 1.54) is 23.5 Å². The molecule has 1 saturated heterocycles. The largest absolute Gasteiger partial charge is 0.495 e. The number of carbonyl (C=O) groups is 1. The fraction of sp³-hybridized carbons (Fsp3) is 0.250. The molecule has 4 rings (SSSR count). The molecule has 1 fully saturated rings. The number of hydrogen-bond donors (Lipinski definition) is 2. The van der Waals surface area contributed by atoms with Crippen LogP contribution in [0.25, 0.3) is 10.9 Å². The molecule has 2 N–H and O–H groups in total. The summed E-state index contributed by atoms with van der Waals surface area (Å²) in [7, 11) is -2.37. The van der Waals surface area contributed by atoms with Crippen molar-refractivity contribution in [3.05, 3.63) is 54.2 Å². The number of amides is 1. The molecule has 2 aromatic carbocycles. The van der Waals surface area contributed by atoms with Crippen LogP contribution in [0.15, 0.2) is 53.4 Å². The molecule has 1 aliphatic rings. The Morgan fingerprint density at radius 2 is 1.90 bits per heavy atom. The van der Waals surface area contributed by atoms with Crippen molar-refractivity contribution in [3.63, 3.8) is 0 Å². The summed E-state index contributed by atoms with van der Waals surface area (Å²) in [6.07, 6.45) is 0. The monoisotopic (exact) mass is 415 g/mol. The lowest BCUT2D eigenvalue weighted by Gasteiger charge is -2.26. The van der Waals surface area contributed by atoms with Crippen LogP contribution in [0, 0.1) is 0 Å². The van der Waals surface area contributed by atoms with E-state index in [2.05, 4.69) is 10.3 Å². The molecule has 0 spiro atoms. The first-order valence-electron chi connectivity index (χ1n) is 9.14. The first-order chi connectivity index (χ1) is 14.0. The Morgan fingerprint density at radius 1 is 1.14 bits per heavy atom. The first kappa shape index (κ1) is 19.4. The van der Waals surface area contributed by atoms with Crippen molar-refractivity contribution >= 4 is 32.5 Å². The summed E-state index contributed by atoms with van der Waals surface area (Å²) in [6.45, 7) is 1.24. The number of hydrogen-bond acceptors (Lipinski definition) is 5. The van der Waals surface area contributed by atoms with Crippen molar-refractivity contribution < 1.29 is 22.7 Å². The lowest BCUT2D eigenvalue weighted by atomic mass is 10.2. The Labute approximate surface area is 168 Å². The highest BCUT2D eigenvalue weighted by Crippen LogP contribution is 2.30. The Balaban J connectivity index is 1.63. The van der Waals surface area contributed by atoms with E-state index in [1.807, 2.05) is 24.3 Å². The van der Waals surface area contributed by atoms with Gasteiger partial charge in [-0.3, -0.25) is 4.79 Å². The Bertz CT molecular complexity index is 1120. The SMILES string of the molecule is COc1ccc(NC(=O)c2cc3ccccc3[nH]2)cc1S(=O)(=O)N1CCOCC1. The molecule has 1 amide bonds. The van der Waals surface area contributed by atoms with Crippen LogP contribution in [0.4, 0.5) is 5.69 Å². The van der Waals surface area contributed by atoms with Gasteiger partial charge in [0.05, 0.1) is 20.3 Å². The predicted molar refractivity (Wildman–Crippen MR) is 109 cm³/mol. The summed E-state index contributed by atoms with van der Waals surface area (Å²) in [6, 6.07) is 13.9. The maximum atomic E-state index is 13.1. The number of methoxy groups -OCH3 is 1. The van der Waals surface area contributed by atoms with Crippen molar-refractivity contribution in [2.24, 2.45) is 0 Å². The Kier molecular flexibility index (Phi) is 5.27. The Morgan fingerprint density at radius 3 is 2.62 bits per heavy atom. The van der Waals surface area contributed by atoms with Gasteiger partial charge in [-0.2, -0.15) is 4.31 Å². The molecule has 0 radical (unpaired) electrons. The van der Waals surface area contributed by atoms with E-state index in [-0.39, 0.29) is 29.6 Å². The molecule has 152 valence electrons. The fourth-order valence-electron chi connectivity index (χ4n) is 3.28. The van der Waals surface area contributed by atoms with Crippen LogP contribution in [-0.2, 0) is 14.8 Å². The zero-order valence-corrected chi connectivity index (χ0v) is 16.7. The van der Waals surface area contributed by atoms with Crippen molar-refractivity contribution in [1.82, 2.24) is 9.29 Å². The van der Waals surface area contributed by atoms with E-state index < -0.39 is 10.0 Å². The molecule has 2 heterocycles. The van der Waals surface area contributed by atoms with Crippen molar-refractivity contribution in [3.8, 4) is 5.75 Å². The zero-order valence-electron chi connectivity index (χ0n) is 15.8. The van der Waals surface area contributed by atoms with Crippen LogP contribution in [0.3, 0.4) is 0 Å². The number of carbonyl (C=O) groups excluding carboxylic acids is 1. The number of H-pyrrole nitrogens is 1. The molecule has 0 bridgehead atoms. The summed E-state index contributed by atoms with van der Waals surface area (Å²) in [5.74, 6) is -0.138. The van der Waals surface area contributed by atoms with Gasteiger partial charge in [0, 0.05) is 29.7 Å². The summed E-state index contributed by atoms with van der Waals surface area (Å²) >= 11 is 0. The Hall–Kier alpha value is -2.88. The van der Waals surface area contributed by atoms with E-state index in [1.54, 1.807) is 12.1 Å². The molecule has 9 heteroatoms. The molecule has 1 aromatic heterocycles. The normalized spacial score (nSPS) is 15.3. The van der Waals surface area contributed by atoms with Crippen molar-refractivity contribution in [2.75, 3.05) is 38.7 Å². The van der Waals surface area contributed by atoms with Crippen molar-refractivity contribution in [2.45, 2.75) is 4.90 Å². The summed E-state index contributed by atoms with van der Waals surface area (Å²) in [5.41, 5.74) is 1.60. The van der Waals surface area contributed by atoms with Crippen LogP contribution >= 0.6 is 0 Å². The van der Waals surface area contributed by atoms with Gasteiger partial charge in [0.2, 0.25) is 10.0 Å². The van der Waals surface area contributed by atoms with Crippen LogP contribution in [0.1, 0.15) is 10.5 Å². The molecular formula is C20H21N3O5S. The molecule has 3 aromatic rings. The summed E-state index contributed by atoms with van der Waals surface area (Å²) in [4.78, 5) is 15.7. The van der Waals surface area contributed by atoms with Crippen LogP contribution in [-0.4, -0.2) is 57.0 Å². The molecule has 0 saturated carbocycles. The highest BCUT2D eigenvalue weighted by molar-refractivity contribution is 7.89. The number of nitrogens with zero attached hydrogens (tertiary/aromatic N) is 1. The molecule has 0 aliphatic carbocycles. The van der Waals surface area contributed by atoms with Gasteiger partial charge in [0.1, 0.15) is 16.3 Å². The summed E-state index contributed by atoms with van der Waals surface area (Å²) < 4.78 is 38.0. The predicted octanol–water partition coefficient (Wildman–Crippen LogP) is 2.45. The van der Waals surface area contributed by atoms with E-state index in [4.69, 9.17) is 9.47 Å². The molecule has 8 nitrogen and oxygen atoms in total. The van der Waals surface area contributed by atoms with Gasteiger partial charge in [-0.15, -0.1) is 0 Å². The number of aromatic nitrogens is 1. The lowest BCUT2D eigenvalue weighted by Crippen LogP contribution is -2.40. The standard InChI is InChI=1S/C20H21N3O5S/c1-27-18-7-6-15(13-19(18)29(25,26)23-8-10-28-11-9-23)21-20(24)17-12-14-4-2-3-5-16(14)22-17/h2-7,12-13,22H,8-11H2,1H3,(H,21,24). The third-order valence-corrected chi connectivity index (χ3v) is 6.70. The second kappa shape index (κ2) is 7.86. The second-order valence-electron chi connectivity index (χ2n) is 6.61. The second-order valence-corrected chi connectivity index (χ2v) is 8.51. The zero-order chi connectivity index (χ0) is 20.4. The van der Waals surface area contributed by atoms with Gasteiger partial charge in [-0.1, -0.05) is 18.2 Å². The molecule has 0 unspecified atom stereocenters. The maximum Gasteiger partial charge on any atom is 0.272 e. The number of benzene rings is 2. The first-order valence-corrected chi connectivity index (χ1v) is 10.6. The van der Waals surface area contributed by atoms with Crippen molar-refractivity contribution in [1.29, 1.82) is 0 Å². The van der Waals surface area contributed by atoms with Crippen LogP contribution in [0.2, 0.25) is 0 Å². The number of nitrogens with one attached hydrogen (secondary N) is 2. The number of morpholine rings is 1. The molecule has 1 aliphatic heterocycles. The third-order valence-electron chi connectivity index (χ3n) is 4.78.